The number of fused-ring (bicyclic) bond motifs is 2. The molecule has 2 aliphatic rings. The number of hydrogen-bond donors (Lipinski definition) is 0. The maximum atomic E-state index is 4.02. The fraction of sp³-hybridized carbons (Fsp3) is 0.917. The van der Waals surface area contributed by atoms with Gasteiger partial charge in [0, 0.05) is 0 Å². The van der Waals surface area contributed by atoms with E-state index in [2.05, 4.69) is 6.92 Å². The zero-order valence-electron chi connectivity index (χ0n) is 8.15. The van der Waals surface area contributed by atoms with Gasteiger partial charge in [-0.2, -0.15) is 0 Å². The van der Waals surface area contributed by atoms with Crippen molar-refractivity contribution in [3.8, 4) is 0 Å². The molecular formula is C12H21. The van der Waals surface area contributed by atoms with E-state index >= 15 is 0 Å². The molecule has 0 nitrogen and oxygen atoms in total. The first kappa shape index (κ1) is 8.59. The van der Waals surface area contributed by atoms with Crippen LogP contribution < -0.4 is 0 Å². The van der Waals surface area contributed by atoms with Crippen LogP contribution in [-0.2, 0) is 0 Å². The minimum Gasteiger partial charge on any atom is -0.0533 e. The monoisotopic (exact) mass is 165 g/mol. The molecule has 0 aliphatic heterocycles. The summed E-state index contributed by atoms with van der Waals surface area (Å²) in [4.78, 5) is 0. The number of rotatable bonds is 2. The third-order valence-electron chi connectivity index (χ3n) is 4.07. The molecule has 1 radical (unpaired) electrons. The van der Waals surface area contributed by atoms with Crippen LogP contribution in [0, 0.1) is 18.3 Å². The molecule has 0 saturated heterocycles. The van der Waals surface area contributed by atoms with Crippen LogP contribution in [0.4, 0.5) is 0 Å². The molecule has 0 unspecified atom stereocenters. The molecule has 12 heavy (non-hydrogen) atoms. The van der Waals surface area contributed by atoms with Gasteiger partial charge in [0.15, 0.2) is 0 Å². The lowest BCUT2D eigenvalue weighted by atomic mass is 9.60. The van der Waals surface area contributed by atoms with Crippen molar-refractivity contribution in [3.05, 3.63) is 6.92 Å². The summed E-state index contributed by atoms with van der Waals surface area (Å²) in [5, 5.41) is 0. The van der Waals surface area contributed by atoms with Gasteiger partial charge in [-0.3, -0.25) is 0 Å². The highest BCUT2D eigenvalue weighted by molar-refractivity contribution is 4.90. The Morgan fingerprint density at radius 2 is 1.83 bits per heavy atom. The maximum Gasteiger partial charge on any atom is -0.0295 e. The maximum absolute atomic E-state index is 4.02. The molecule has 0 N–H and O–H groups in total. The molecule has 0 spiro atoms. The summed E-state index contributed by atoms with van der Waals surface area (Å²) < 4.78 is 0. The Morgan fingerprint density at radius 1 is 1.17 bits per heavy atom. The third kappa shape index (κ3) is 1.53. The van der Waals surface area contributed by atoms with E-state index in [1.54, 1.807) is 6.42 Å². The Kier molecular flexibility index (Phi) is 2.43. The van der Waals surface area contributed by atoms with Gasteiger partial charge in [-0.15, -0.1) is 0 Å². The van der Waals surface area contributed by atoms with Crippen LogP contribution in [0.2, 0.25) is 0 Å². The Bertz CT molecular complexity index is 133. The highest BCUT2D eigenvalue weighted by Gasteiger charge is 2.37. The minimum atomic E-state index is 0.767. The molecule has 0 heteroatoms. The lowest BCUT2D eigenvalue weighted by Crippen LogP contribution is -2.32. The predicted octanol–water partition coefficient (Wildman–Crippen LogP) is 3.96. The average Bonchev–Trinajstić information content (AvgIpc) is 2.04. The van der Waals surface area contributed by atoms with E-state index in [4.69, 9.17) is 0 Å². The van der Waals surface area contributed by atoms with Crippen LogP contribution in [0.15, 0.2) is 0 Å². The first-order valence-corrected chi connectivity index (χ1v) is 5.64. The fourth-order valence-electron chi connectivity index (χ4n) is 3.55. The summed E-state index contributed by atoms with van der Waals surface area (Å²) in [5.74, 6) is 1.10. The van der Waals surface area contributed by atoms with E-state index in [-0.39, 0.29) is 0 Å². The van der Waals surface area contributed by atoms with Gasteiger partial charge in [0.1, 0.15) is 0 Å². The van der Waals surface area contributed by atoms with E-state index in [1.165, 1.54) is 44.9 Å². The van der Waals surface area contributed by atoms with Crippen molar-refractivity contribution in [1.29, 1.82) is 0 Å². The van der Waals surface area contributed by atoms with Crippen molar-refractivity contribution in [2.24, 2.45) is 11.3 Å². The lowest BCUT2D eigenvalue weighted by molar-refractivity contribution is 0.0692. The van der Waals surface area contributed by atoms with Gasteiger partial charge in [-0.25, -0.2) is 0 Å². The van der Waals surface area contributed by atoms with Crippen LogP contribution in [0.25, 0.3) is 0 Å². The van der Waals surface area contributed by atoms with Gasteiger partial charge < -0.3 is 0 Å². The molecule has 69 valence electrons. The second-order valence-corrected chi connectivity index (χ2v) is 4.96. The van der Waals surface area contributed by atoms with E-state index in [0.29, 0.717) is 0 Å². The Labute approximate surface area is 76.7 Å². The molecule has 0 aromatic carbocycles. The van der Waals surface area contributed by atoms with E-state index in [9.17, 15) is 0 Å². The summed E-state index contributed by atoms with van der Waals surface area (Å²) in [6, 6.07) is 0. The summed E-state index contributed by atoms with van der Waals surface area (Å²) in [5.41, 5.74) is 0.767. The van der Waals surface area contributed by atoms with Crippen LogP contribution in [0.3, 0.4) is 0 Å². The van der Waals surface area contributed by atoms with Gasteiger partial charge in [0.25, 0.3) is 0 Å². The lowest BCUT2D eigenvalue weighted by Gasteiger charge is -2.45. The first-order valence-electron chi connectivity index (χ1n) is 5.64. The topological polar surface area (TPSA) is 0 Å². The highest BCUT2D eigenvalue weighted by atomic mass is 14.4. The molecule has 0 heterocycles. The summed E-state index contributed by atoms with van der Waals surface area (Å²) >= 11 is 0. The second kappa shape index (κ2) is 3.40. The molecule has 0 aromatic rings. The summed E-state index contributed by atoms with van der Waals surface area (Å²) in [6.45, 7) is 4.02. The average molecular weight is 165 g/mol. The van der Waals surface area contributed by atoms with Crippen LogP contribution in [-0.4, -0.2) is 0 Å². The molecule has 2 rings (SSSR count). The summed E-state index contributed by atoms with van der Waals surface area (Å²) in [7, 11) is 0. The van der Waals surface area contributed by atoms with Crippen molar-refractivity contribution in [2.75, 3.05) is 0 Å². The molecule has 0 atom stereocenters. The molecular weight excluding hydrogens is 144 g/mol. The molecule has 2 aliphatic carbocycles. The quantitative estimate of drug-likeness (QED) is 0.581. The molecule has 2 fully saturated rings. The van der Waals surface area contributed by atoms with Crippen molar-refractivity contribution in [2.45, 2.75) is 57.8 Å². The van der Waals surface area contributed by atoms with Crippen molar-refractivity contribution in [3.63, 3.8) is 0 Å². The Morgan fingerprint density at radius 3 is 2.42 bits per heavy atom. The summed E-state index contributed by atoms with van der Waals surface area (Å²) in [6.07, 6.45) is 13.2. The van der Waals surface area contributed by atoms with Crippen molar-refractivity contribution >= 4 is 0 Å². The minimum absolute atomic E-state index is 0.767. The Balaban J connectivity index is 2.01. The zero-order valence-corrected chi connectivity index (χ0v) is 8.15. The van der Waals surface area contributed by atoms with Gasteiger partial charge in [-0.05, 0) is 37.0 Å². The highest BCUT2D eigenvalue weighted by Crippen LogP contribution is 2.51. The van der Waals surface area contributed by atoms with Crippen LogP contribution in [0.1, 0.15) is 57.8 Å². The largest absolute Gasteiger partial charge is 0.0533 e. The number of hydrogen-bond acceptors (Lipinski definition) is 0. The van der Waals surface area contributed by atoms with Gasteiger partial charge in [0.05, 0.1) is 0 Å². The van der Waals surface area contributed by atoms with Crippen LogP contribution >= 0.6 is 0 Å². The molecule has 0 amide bonds. The third-order valence-corrected chi connectivity index (χ3v) is 4.07. The SMILES string of the molecule is [CH2]CCC12CCCC(CCC1)C2. The standard InChI is InChI=1S/C12H21/c1-2-7-12-8-3-5-11(10-12)6-4-9-12/h11H,1-10H2. The van der Waals surface area contributed by atoms with Crippen LogP contribution in [0.5, 0.6) is 0 Å². The second-order valence-electron chi connectivity index (χ2n) is 4.96. The molecule has 2 bridgehead atoms. The van der Waals surface area contributed by atoms with Crippen molar-refractivity contribution in [1.82, 2.24) is 0 Å². The normalized spacial score (nSPS) is 41.2. The Hall–Kier alpha value is 0. The smallest absolute Gasteiger partial charge is 0.0295 e. The van der Waals surface area contributed by atoms with E-state index < -0.39 is 0 Å². The van der Waals surface area contributed by atoms with Gasteiger partial charge >= 0.3 is 0 Å². The van der Waals surface area contributed by atoms with E-state index in [1.807, 2.05) is 0 Å². The zero-order chi connectivity index (χ0) is 8.44. The fourth-order valence-corrected chi connectivity index (χ4v) is 3.55. The predicted molar refractivity (Wildman–Crippen MR) is 52.8 cm³/mol. The van der Waals surface area contributed by atoms with E-state index in [0.717, 1.165) is 17.8 Å². The van der Waals surface area contributed by atoms with Gasteiger partial charge in [0.2, 0.25) is 0 Å². The first-order chi connectivity index (χ1) is 5.85. The van der Waals surface area contributed by atoms with Gasteiger partial charge in [-0.1, -0.05) is 39.0 Å². The molecule has 2 saturated carbocycles. The molecule has 0 aromatic heterocycles. The van der Waals surface area contributed by atoms with Crippen molar-refractivity contribution < 1.29 is 0 Å².